The van der Waals surface area contributed by atoms with Crippen molar-refractivity contribution in [1.29, 1.82) is 0 Å². The minimum atomic E-state index is -2.45. The van der Waals surface area contributed by atoms with Gasteiger partial charge in [-0.1, -0.05) is 20.8 Å². The number of unbranched alkanes of at least 4 members (excludes halogenated alkanes) is 1. The van der Waals surface area contributed by atoms with Crippen molar-refractivity contribution < 1.29 is 13.3 Å². The third-order valence-corrected chi connectivity index (χ3v) is 5.81. The zero-order chi connectivity index (χ0) is 15.3. The maximum Gasteiger partial charge on any atom is 0.500 e. The Kier molecular flexibility index (Phi) is 12.8. The molecule has 0 aromatic carbocycles. The maximum atomic E-state index is 6.07. The Morgan fingerprint density at radius 1 is 0.750 bits per heavy atom. The molecule has 0 aliphatic rings. The van der Waals surface area contributed by atoms with Gasteiger partial charge in [0.15, 0.2) is 0 Å². The molecule has 122 valence electrons. The molecule has 0 aromatic rings. The Morgan fingerprint density at radius 3 is 1.55 bits per heavy atom. The predicted octanol–water partition coefficient (Wildman–Crippen LogP) is 3.55. The highest BCUT2D eigenvalue weighted by Gasteiger charge is 2.40. The SMILES string of the molecule is CCCO[Si](CCCCN(C)C)(OCCC)OCCC. The highest BCUT2D eigenvalue weighted by molar-refractivity contribution is 6.60. The molecule has 0 aliphatic heterocycles. The van der Waals surface area contributed by atoms with Crippen LogP contribution in [0.15, 0.2) is 0 Å². The molecule has 0 unspecified atom stereocenters. The first-order valence-corrected chi connectivity index (χ1v) is 10.1. The maximum absolute atomic E-state index is 6.07. The standard InChI is InChI=1S/C15H35NO3Si/c1-6-12-17-20(18-13-7-2,19-14-8-3)15-10-9-11-16(4)5/h6-15H2,1-5H3. The van der Waals surface area contributed by atoms with Crippen molar-refractivity contribution in [1.82, 2.24) is 4.90 Å². The van der Waals surface area contributed by atoms with Crippen molar-refractivity contribution in [3.63, 3.8) is 0 Å². The normalized spacial score (nSPS) is 12.3. The summed E-state index contributed by atoms with van der Waals surface area (Å²) in [4.78, 5) is 2.22. The van der Waals surface area contributed by atoms with Gasteiger partial charge in [0, 0.05) is 25.9 Å². The lowest BCUT2D eigenvalue weighted by Gasteiger charge is -2.29. The van der Waals surface area contributed by atoms with E-state index in [2.05, 4.69) is 39.8 Å². The third kappa shape index (κ3) is 9.88. The first kappa shape index (κ1) is 20.1. The summed E-state index contributed by atoms with van der Waals surface area (Å²) in [7, 11) is 1.77. The molecular formula is C15H35NO3Si. The second kappa shape index (κ2) is 12.8. The minimum absolute atomic E-state index is 0.743. The monoisotopic (exact) mass is 305 g/mol. The van der Waals surface area contributed by atoms with E-state index < -0.39 is 8.80 Å². The van der Waals surface area contributed by atoms with Gasteiger partial charge in [0.25, 0.3) is 0 Å². The fraction of sp³-hybridized carbons (Fsp3) is 1.00. The van der Waals surface area contributed by atoms with E-state index in [0.29, 0.717) is 0 Å². The second-order valence-electron chi connectivity index (χ2n) is 5.49. The van der Waals surface area contributed by atoms with E-state index in [9.17, 15) is 0 Å². The van der Waals surface area contributed by atoms with Crippen molar-refractivity contribution in [2.75, 3.05) is 40.5 Å². The first-order valence-electron chi connectivity index (χ1n) is 8.16. The van der Waals surface area contributed by atoms with Crippen LogP contribution in [0.1, 0.15) is 52.9 Å². The Morgan fingerprint density at radius 2 is 1.20 bits per heavy atom. The lowest BCUT2D eigenvalue weighted by atomic mass is 10.3. The summed E-state index contributed by atoms with van der Waals surface area (Å²) in [5.41, 5.74) is 0. The summed E-state index contributed by atoms with van der Waals surface area (Å²) in [6, 6.07) is 0.945. The molecule has 0 fully saturated rings. The van der Waals surface area contributed by atoms with Gasteiger partial charge in [0.05, 0.1) is 0 Å². The Bertz CT molecular complexity index is 194. The largest absolute Gasteiger partial charge is 0.500 e. The number of hydrogen-bond acceptors (Lipinski definition) is 4. The molecule has 20 heavy (non-hydrogen) atoms. The molecule has 0 N–H and O–H groups in total. The zero-order valence-electron chi connectivity index (χ0n) is 14.2. The molecule has 0 heterocycles. The molecular weight excluding hydrogens is 270 g/mol. The van der Waals surface area contributed by atoms with Crippen molar-refractivity contribution >= 4 is 8.80 Å². The summed E-state index contributed by atoms with van der Waals surface area (Å²) in [5.74, 6) is 0. The quantitative estimate of drug-likeness (QED) is 0.363. The van der Waals surface area contributed by atoms with Crippen molar-refractivity contribution in [2.45, 2.75) is 58.9 Å². The van der Waals surface area contributed by atoms with E-state index >= 15 is 0 Å². The van der Waals surface area contributed by atoms with Crippen molar-refractivity contribution in [3.05, 3.63) is 0 Å². The zero-order valence-corrected chi connectivity index (χ0v) is 15.2. The van der Waals surface area contributed by atoms with Gasteiger partial charge in [-0.3, -0.25) is 0 Å². The third-order valence-electron chi connectivity index (χ3n) is 2.92. The lowest BCUT2D eigenvalue weighted by Crippen LogP contribution is -2.46. The van der Waals surface area contributed by atoms with E-state index in [1.165, 1.54) is 6.42 Å². The van der Waals surface area contributed by atoms with Gasteiger partial charge >= 0.3 is 8.80 Å². The highest BCUT2D eigenvalue weighted by atomic mass is 28.4. The van der Waals surface area contributed by atoms with E-state index in [1.54, 1.807) is 0 Å². The van der Waals surface area contributed by atoms with Crippen LogP contribution in [0.25, 0.3) is 0 Å². The Hall–Kier alpha value is 0.0569. The molecule has 5 heteroatoms. The summed E-state index contributed by atoms with van der Waals surface area (Å²) in [5, 5.41) is 0. The van der Waals surface area contributed by atoms with Crippen LogP contribution in [-0.2, 0) is 13.3 Å². The lowest BCUT2D eigenvalue weighted by molar-refractivity contribution is 0.0585. The predicted molar refractivity (Wildman–Crippen MR) is 87.1 cm³/mol. The van der Waals surface area contributed by atoms with Crippen LogP contribution in [0.3, 0.4) is 0 Å². The Balaban J connectivity index is 4.41. The van der Waals surface area contributed by atoms with Gasteiger partial charge in [-0.25, -0.2) is 0 Å². The topological polar surface area (TPSA) is 30.9 Å². The van der Waals surface area contributed by atoms with Crippen molar-refractivity contribution in [3.8, 4) is 0 Å². The molecule has 4 nitrogen and oxygen atoms in total. The Labute approximate surface area is 127 Å². The molecule has 0 spiro atoms. The smallest absolute Gasteiger partial charge is 0.373 e. The van der Waals surface area contributed by atoms with Crippen LogP contribution in [0.5, 0.6) is 0 Å². The van der Waals surface area contributed by atoms with E-state index in [1.807, 2.05) is 0 Å². The van der Waals surface area contributed by atoms with E-state index in [-0.39, 0.29) is 0 Å². The van der Waals surface area contributed by atoms with Crippen LogP contribution < -0.4 is 0 Å². The van der Waals surface area contributed by atoms with E-state index in [0.717, 1.165) is 58.1 Å². The van der Waals surface area contributed by atoms with Crippen LogP contribution in [-0.4, -0.2) is 54.2 Å². The summed E-state index contributed by atoms with van der Waals surface area (Å²) < 4.78 is 18.2. The van der Waals surface area contributed by atoms with E-state index in [4.69, 9.17) is 13.3 Å². The number of rotatable bonds is 14. The molecule has 0 saturated carbocycles. The van der Waals surface area contributed by atoms with Crippen LogP contribution in [0.2, 0.25) is 6.04 Å². The number of hydrogen-bond donors (Lipinski definition) is 0. The molecule has 0 bridgehead atoms. The molecule has 0 aliphatic carbocycles. The van der Waals surface area contributed by atoms with Crippen LogP contribution in [0.4, 0.5) is 0 Å². The molecule has 0 rings (SSSR count). The summed E-state index contributed by atoms with van der Waals surface area (Å²) in [6.45, 7) is 9.73. The average Bonchev–Trinajstić information content (AvgIpc) is 2.44. The van der Waals surface area contributed by atoms with Gasteiger partial charge in [0.1, 0.15) is 0 Å². The number of nitrogens with zero attached hydrogens (tertiary/aromatic N) is 1. The van der Waals surface area contributed by atoms with Gasteiger partial charge in [-0.05, 0) is 52.7 Å². The fourth-order valence-corrected chi connectivity index (χ4v) is 4.80. The average molecular weight is 306 g/mol. The van der Waals surface area contributed by atoms with Gasteiger partial charge in [-0.2, -0.15) is 0 Å². The second-order valence-corrected chi connectivity index (χ2v) is 8.22. The van der Waals surface area contributed by atoms with Gasteiger partial charge < -0.3 is 18.2 Å². The molecule has 0 amide bonds. The fourth-order valence-electron chi connectivity index (χ4n) is 1.88. The molecule has 0 saturated heterocycles. The summed E-state index contributed by atoms with van der Waals surface area (Å²) in [6.07, 6.45) is 5.32. The first-order chi connectivity index (χ1) is 9.60. The highest BCUT2D eigenvalue weighted by Crippen LogP contribution is 2.20. The van der Waals surface area contributed by atoms with Crippen LogP contribution >= 0.6 is 0 Å². The molecule has 0 aromatic heterocycles. The molecule has 0 radical (unpaired) electrons. The minimum Gasteiger partial charge on any atom is -0.373 e. The molecule has 0 atom stereocenters. The van der Waals surface area contributed by atoms with Crippen LogP contribution in [0, 0.1) is 0 Å². The van der Waals surface area contributed by atoms with Crippen molar-refractivity contribution in [2.24, 2.45) is 0 Å². The summed E-state index contributed by atoms with van der Waals surface area (Å²) >= 11 is 0. The van der Waals surface area contributed by atoms with Gasteiger partial charge in [0.2, 0.25) is 0 Å². The van der Waals surface area contributed by atoms with Gasteiger partial charge in [-0.15, -0.1) is 0 Å².